The molecule has 0 fully saturated rings. The number of allylic oxidation sites excluding steroid dienone is 20. The first-order valence-electron chi connectivity index (χ1n) is 23.0. The van der Waals surface area contributed by atoms with Gasteiger partial charge in [0.15, 0.2) is 23.8 Å². The molecule has 6 unspecified atom stereocenters. The minimum atomic E-state index is -1.38. The van der Waals surface area contributed by atoms with Gasteiger partial charge in [0.05, 0.1) is 32.0 Å². The molecule has 5 N–H and O–H groups in total. The number of carbonyl (C=O) groups is 6. The summed E-state index contributed by atoms with van der Waals surface area (Å²) < 4.78 is 15.3. The van der Waals surface area contributed by atoms with Crippen molar-refractivity contribution in [2.75, 3.05) is 13.7 Å². The number of hydrogen-bond donors (Lipinski definition) is 5. The van der Waals surface area contributed by atoms with Gasteiger partial charge in [-0.2, -0.15) is 0 Å². The summed E-state index contributed by atoms with van der Waals surface area (Å²) in [5, 5.41) is 45.0. The molecule has 0 bridgehead atoms. The summed E-state index contributed by atoms with van der Waals surface area (Å²) in [5.74, 6) is -2.77. The monoisotopic (exact) mass is 961 g/mol. The number of aliphatic hydroxyl groups excluding tert-OH is 4. The van der Waals surface area contributed by atoms with Crippen molar-refractivity contribution in [3.05, 3.63) is 130 Å². The fourth-order valence-corrected chi connectivity index (χ4v) is 7.36. The van der Waals surface area contributed by atoms with E-state index in [1.807, 2.05) is 140 Å². The topological polar surface area (TPSA) is 231 Å². The number of carboxylic acid groups (broad SMARTS) is 1. The highest BCUT2D eigenvalue weighted by molar-refractivity contribution is 6.02. The normalized spacial score (nSPS) is 21.3. The summed E-state index contributed by atoms with van der Waals surface area (Å²) in [6, 6.07) is 0. The first-order valence-corrected chi connectivity index (χ1v) is 23.0. The maximum atomic E-state index is 13.0. The van der Waals surface area contributed by atoms with Crippen molar-refractivity contribution in [3.63, 3.8) is 0 Å². The van der Waals surface area contributed by atoms with Crippen molar-refractivity contribution in [2.24, 2.45) is 10.8 Å². The molecule has 380 valence electrons. The molecule has 2 aliphatic carbocycles. The lowest BCUT2D eigenvalue weighted by atomic mass is 9.71. The average Bonchev–Trinajstić information content (AvgIpc) is 3.26. The zero-order chi connectivity index (χ0) is 52.6. The van der Waals surface area contributed by atoms with Crippen LogP contribution in [0.2, 0.25) is 0 Å². The molecule has 0 aromatic rings. The van der Waals surface area contributed by atoms with Crippen LogP contribution in [0.3, 0.4) is 0 Å². The van der Waals surface area contributed by atoms with Crippen LogP contribution in [0.4, 0.5) is 0 Å². The second-order valence-corrected chi connectivity index (χ2v) is 18.7. The van der Waals surface area contributed by atoms with Crippen LogP contribution in [-0.4, -0.2) is 112 Å². The van der Waals surface area contributed by atoms with Gasteiger partial charge >= 0.3 is 17.9 Å². The number of carbonyl (C=O) groups excluding carboxylic acids is 5. The van der Waals surface area contributed by atoms with E-state index in [4.69, 9.17) is 35.0 Å². The fraction of sp³-hybridized carbons (Fsp3) is 0.491. The third-order valence-electron chi connectivity index (χ3n) is 11.4. The Morgan fingerprint density at radius 3 is 1.41 bits per heavy atom. The minimum absolute atomic E-state index is 0.0286. The van der Waals surface area contributed by atoms with E-state index in [1.165, 1.54) is 14.0 Å². The number of aliphatic hydroxyl groups is 4. The van der Waals surface area contributed by atoms with Gasteiger partial charge in [-0.3, -0.25) is 24.0 Å². The van der Waals surface area contributed by atoms with Crippen molar-refractivity contribution < 1.29 is 68.5 Å². The smallest absolute Gasteiger partial charge is 0.307 e. The van der Waals surface area contributed by atoms with E-state index in [2.05, 4.69) is 4.74 Å². The maximum Gasteiger partial charge on any atom is 0.307 e. The molecule has 0 saturated heterocycles. The van der Waals surface area contributed by atoms with Gasteiger partial charge in [-0.25, -0.2) is 0 Å². The molecule has 14 heteroatoms. The Balaban J connectivity index is 0.00000173. The van der Waals surface area contributed by atoms with Crippen LogP contribution in [0.15, 0.2) is 130 Å². The van der Waals surface area contributed by atoms with Gasteiger partial charge in [0, 0.05) is 26.4 Å². The minimum Gasteiger partial charge on any atom is -0.481 e. The van der Waals surface area contributed by atoms with Gasteiger partial charge < -0.3 is 44.5 Å². The number of hydrogen-bond acceptors (Lipinski definition) is 13. The summed E-state index contributed by atoms with van der Waals surface area (Å²) >= 11 is 0. The number of rotatable bonds is 23. The molecule has 2 aliphatic rings. The molecule has 0 heterocycles. The first kappa shape index (κ1) is 61.4. The van der Waals surface area contributed by atoms with E-state index in [0.29, 0.717) is 30.3 Å². The third kappa shape index (κ3) is 22.1. The largest absolute Gasteiger partial charge is 0.481 e. The number of carboxylic acids is 1. The Kier molecular flexibility index (Phi) is 26.7. The van der Waals surface area contributed by atoms with E-state index in [-0.39, 0.29) is 49.3 Å². The summed E-state index contributed by atoms with van der Waals surface area (Å²) in [5.41, 5.74) is 6.23. The highest BCUT2D eigenvalue weighted by Crippen LogP contribution is 2.42. The molecule has 0 spiro atoms. The molecule has 14 nitrogen and oxygen atoms in total. The van der Waals surface area contributed by atoms with Gasteiger partial charge in [-0.1, -0.05) is 135 Å². The van der Waals surface area contributed by atoms with Crippen LogP contribution in [0, 0.1) is 10.8 Å². The highest BCUT2D eigenvalue weighted by atomic mass is 16.6. The van der Waals surface area contributed by atoms with Crippen molar-refractivity contribution in [1.82, 2.24) is 0 Å². The molecule has 0 aliphatic heterocycles. The molecule has 2 rings (SSSR count). The summed E-state index contributed by atoms with van der Waals surface area (Å²) in [6.45, 7) is 20.8. The Labute approximate surface area is 408 Å². The SMILES string of the molecule is CC1=C(/C=C/C(C)=C/C=C/C(C)=C/C=C/C=C(C)/C=C/C=C(C)/C=C/C2=C(C)C(=O)C(OC(=O)CCC(=O)O)CC2(C)C)C(C)(C)CC(OC(=O)CCC=O)C1=O.COCC(O)C(O)C(O)C(C)O. The molecule has 6 atom stereocenters. The zero-order valence-corrected chi connectivity index (χ0v) is 42.5. The van der Waals surface area contributed by atoms with E-state index in [0.717, 1.165) is 33.4 Å². The van der Waals surface area contributed by atoms with Crippen LogP contribution in [0.1, 0.15) is 115 Å². The molecule has 69 heavy (non-hydrogen) atoms. The molecular weight excluding hydrogens is 885 g/mol. The van der Waals surface area contributed by atoms with Crippen molar-refractivity contribution in [1.29, 1.82) is 0 Å². The number of ketones is 2. The zero-order valence-electron chi connectivity index (χ0n) is 42.5. The fourth-order valence-electron chi connectivity index (χ4n) is 7.36. The number of ether oxygens (including phenoxy) is 3. The van der Waals surface area contributed by atoms with Crippen molar-refractivity contribution >= 4 is 35.8 Å². The Morgan fingerprint density at radius 2 is 1.03 bits per heavy atom. The average molecular weight is 961 g/mol. The Hall–Kier alpha value is -5.64. The van der Waals surface area contributed by atoms with Gasteiger partial charge in [-0.15, -0.1) is 0 Å². The summed E-state index contributed by atoms with van der Waals surface area (Å²) in [4.78, 5) is 71.4. The molecule has 0 saturated carbocycles. The van der Waals surface area contributed by atoms with E-state index in [9.17, 15) is 28.8 Å². The van der Waals surface area contributed by atoms with Gasteiger partial charge in [0.2, 0.25) is 0 Å². The van der Waals surface area contributed by atoms with E-state index < -0.39 is 59.9 Å². The number of aliphatic carboxylic acids is 1. The van der Waals surface area contributed by atoms with Crippen molar-refractivity contribution in [2.45, 2.75) is 151 Å². The number of aldehydes is 1. The van der Waals surface area contributed by atoms with Gasteiger partial charge in [-0.05, 0) is 81.6 Å². The number of Topliss-reactive ketones (excluding diaryl/α,β-unsaturated/α-hetero) is 2. The first-order chi connectivity index (χ1) is 32.2. The predicted molar refractivity (Wildman–Crippen MR) is 266 cm³/mol. The maximum absolute atomic E-state index is 13.0. The second-order valence-electron chi connectivity index (χ2n) is 18.7. The lowest BCUT2D eigenvalue weighted by Crippen LogP contribution is -2.45. The van der Waals surface area contributed by atoms with Crippen LogP contribution < -0.4 is 0 Å². The van der Waals surface area contributed by atoms with Crippen LogP contribution in [0.5, 0.6) is 0 Å². The van der Waals surface area contributed by atoms with Gasteiger partial charge in [0.1, 0.15) is 24.6 Å². The lowest BCUT2D eigenvalue weighted by Gasteiger charge is -2.36. The summed E-state index contributed by atoms with van der Waals surface area (Å²) in [7, 11) is 1.37. The van der Waals surface area contributed by atoms with Crippen LogP contribution in [0.25, 0.3) is 0 Å². The Bertz CT molecular complexity index is 2160. The van der Waals surface area contributed by atoms with Gasteiger partial charge in [0.25, 0.3) is 0 Å². The van der Waals surface area contributed by atoms with E-state index in [1.54, 1.807) is 13.8 Å². The summed E-state index contributed by atoms with van der Waals surface area (Å²) in [6.07, 6.45) is 21.8. The highest BCUT2D eigenvalue weighted by Gasteiger charge is 2.41. The third-order valence-corrected chi connectivity index (χ3v) is 11.4. The number of esters is 2. The standard InChI is InChI=1S/C48H60O9.C7H16O5/c1-32(18-13-20-34(3)23-25-38-36(5)45(54)40(30-47(38,7)8)56-43(52)22-15-29-49)16-11-12-17-33(2)19-14-21-35(4)24-26-39-37(6)46(55)41(31-48(39,9)10)57-44(53)28-27-42(50)51;1-4(8)6(10)7(11)5(9)3-12-2/h11-14,16-21,23-26,29,40-41H,15,22,27-28,30-31H2,1-10H3,(H,50,51);4-11H,3H2,1-2H3/b12-11+,18-13+,19-14+,25-23+,26-24+,32-16+,33-17+,34-20+,35-21+;. The number of methoxy groups -OCH3 is 1. The molecular formula is C55H76O14. The van der Waals surface area contributed by atoms with Crippen LogP contribution in [-0.2, 0) is 43.0 Å². The quantitative estimate of drug-likeness (QED) is 0.0372. The van der Waals surface area contributed by atoms with E-state index >= 15 is 0 Å². The van der Waals surface area contributed by atoms with Crippen LogP contribution >= 0.6 is 0 Å². The Morgan fingerprint density at radius 1 is 0.638 bits per heavy atom. The predicted octanol–water partition coefficient (Wildman–Crippen LogP) is 7.95. The lowest BCUT2D eigenvalue weighted by molar-refractivity contribution is -0.157. The second kappa shape index (κ2) is 30.1. The molecule has 0 amide bonds. The van der Waals surface area contributed by atoms with Crippen molar-refractivity contribution in [3.8, 4) is 0 Å². The molecule has 0 aromatic carbocycles. The molecule has 0 radical (unpaired) electrons. The molecule has 0 aromatic heterocycles.